The lowest BCUT2D eigenvalue weighted by molar-refractivity contribution is -0.384. The third-order valence-electron chi connectivity index (χ3n) is 2.75. The van der Waals surface area contributed by atoms with E-state index in [1.807, 2.05) is 6.07 Å². The molecule has 0 aliphatic carbocycles. The van der Waals surface area contributed by atoms with E-state index in [9.17, 15) is 10.1 Å². The van der Waals surface area contributed by atoms with Crippen LogP contribution in [0.3, 0.4) is 0 Å². The fourth-order valence-corrected chi connectivity index (χ4v) is 1.84. The van der Waals surface area contributed by atoms with Crippen molar-refractivity contribution in [3.63, 3.8) is 0 Å². The lowest BCUT2D eigenvalue weighted by Crippen LogP contribution is -1.98. The largest absolute Gasteiger partial charge is 0.454 e. The fourth-order valence-electron chi connectivity index (χ4n) is 1.68. The van der Waals surface area contributed by atoms with Crippen molar-refractivity contribution in [1.82, 2.24) is 0 Å². The maximum atomic E-state index is 10.8. The molecular formula is C14H10ClN3O3. The number of nitrogens with two attached hydrogens (primary N) is 1. The molecule has 6 nitrogen and oxygen atoms in total. The Kier molecular flexibility index (Phi) is 4.38. The maximum absolute atomic E-state index is 10.8. The number of benzene rings is 2. The molecule has 0 aromatic heterocycles. The maximum Gasteiger partial charge on any atom is 0.273 e. The van der Waals surface area contributed by atoms with Gasteiger partial charge in [0, 0.05) is 12.6 Å². The number of halogens is 1. The number of ether oxygens (including phenoxy) is 1. The molecule has 0 spiro atoms. The van der Waals surface area contributed by atoms with Crippen molar-refractivity contribution in [2.45, 2.75) is 6.54 Å². The Balaban J connectivity index is 2.40. The second-order valence-corrected chi connectivity index (χ2v) is 4.53. The van der Waals surface area contributed by atoms with Crippen LogP contribution < -0.4 is 10.5 Å². The summed E-state index contributed by atoms with van der Waals surface area (Å²) in [5.41, 5.74) is 6.42. The van der Waals surface area contributed by atoms with Gasteiger partial charge in [-0.15, -0.1) is 0 Å². The first-order chi connectivity index (χ1) is 10.0. The molecule has 0 amide bonds. The molecule has 7 heteroatoms. The molecule has 0 radical (unpaired) electrons. The summed E-state index contributed by atoms with van der Waals surface area (Å²) in [6, 6.07) is 10.7. The van der Waals surface area contributed by atoms with E-state index in [2.05, 4.69) is 0 Å². The number of nitriles is 1. The zero-order chi connectivity index (χ0) is 15.4. The van der Waals surface area contributed by atoms with Crippen LogP contribution in [0.1, 0.15) is 11.1 Å². The van der Waals surface area contributed by atoms with E-state index in [1.54, 1.807) is 18.2 Å². The predicted octanol–water partition coefficient (Wildman–Crippen LogP) is 3.37. The molecule has 2 aromatic rings. The van der Waals surface area contributed by atoms with Gasteiger partial charge in [-0.2, -0.15) is 5.26 Å². The van der Waals surface area contributed by atoms with Crippen LogP contribution in [0, 0.1) is 21.4 Å². The molecule has 0 saturated carbocycles. The summed E-state index contributed by atoms with van der Waals surface area (Å²) in [7, 11) is 0. The summed E-state index contributed by atoms with van der Waals surface area (Å²) < 4.78 is 5.52. The highest BCUT2D eigenvalue weighted by Gasteiger charge is 2.13. The van der Waals surface area contributed by atoms with Crippen LogP contribution in [0.4, 0.5) is 5.69 Å². The van der Waals surface area contributed by atoms with Gasteiger partial charge in [0.05, 0.1) is 21.6 Å². The fraction of sp³-hybridized carbons (Fsp3) is 0.0714. The molecular weight excluding hydrogens is 294 g/mol. The van der Waals surface area contributed by atoms with E-state index in [4.69, 9.17) is 27.3 Å². The van der Waals surface area contributed by atoms with Crippen LogP contribution in [-0.4, -0.2) is 4.92 Å². The molecule has 21 heavy (non-hydrogen) atoms. The standard InChI is InChI=1S/C14H10ClN3O3/c15-12-3-2-11(18(19)20)6-14(12)21-13-4-1-9(7-16)5-10(13)8-17/h1-6H,7,16H2. The van der Waals surface area contributed by atoms with Crippen LogP contribution in [0.25, 0.3) is 0 Å². The Morgan fingerprint density at radius 1 is 1.29 bits per heavy atom. The Morgan fingerprint density at radius 2 is 2.05 bits per heavy atom. The number of nitro benzene ring substituents is 1. The van der Waals surface area contributed by atoms with Crippen molar-refractivity contribution >= 4 is 17.3 Å². The molecule has 0 atom stereocenters. The normalized spacial score (nSPS) is 9.95. The van der Waals surface area contributed by atoms with Crippen molar-refractivity contribution < 1.29 is 9.66 Å². The van der Waals surface area contributed by atoms with Crippen molar-refractivity contribution in [3.05, 3.63) is 62.7 Å². The van der Waals surface area contributed by atoms with Gasteiger partial charge in [0.25, 0.3) is 5.69 Å². The van der Waals surface area contributed by atoms with Crippen molar-refractivity contribution in [2.75, 3.05) is 0 Å². The minimum absolute atomic E-state index is 0.114. The molecule has 106 valence electrons. The summed E-state index contributed by atoms with van der Waals surface area (Å²) >= 11 is 5.95. The Labute approximate surface area is 125 Å². The average molecular weight is 304 g/mol. The highest BCUT2D eigenvalue weighted by Crippen LogP contribution is 2.34. The van der Waals surface area contributed by atoms with Crippen LogP contribution >= 0.6 is 11.6 Å². The molecule has 0 aliphatic rings. The summed E-state index contributed by atoms with van der Waals surface area (Å²) in [5.74, 6) is 0.375. The quantitative estimate of drug-likeness (QED) is 0.689. The molecule has 0 fully saturated rings. The second-order valence-electron chi connectivity index (χ2n) is 4.12. The predicted molar refractivity (Wildman–Crippen MR) is 77.2 cm³/mol. The van der Waals surface area contributed by atoms with Gasteiger partial charge >= 0.3 is 0 Å². The van der Waals surface area contributed by atoms with Crippen LogP contribution in [0.15, 0.2) is 36.4 Å². The molecule has 2 N–H and O–H groups in total. The van der Waals surface area contributed by atoms with Gasteiger partial charge in [-0.25, -0.2) is 0 Å². The minimum atomic E-state index is -0.550. The second kappa shape index (κ2) is 6.22. The molecule has 2 rings (SSSR count). The molecule has 0 saturated heterocycles. The van der Waals surface area contributed by atoms with Gasteiger partial charge in [0.1, 0.15) is 11.8 Å². The van der Waals surface area contributed by atoms with E-state index in [0.717, 1.165) is 5.56 Å². The summed E-state index contributed by atoms with van der Waals surface area (Å²) in [6.45, 7) is 0.298. The van der Waals surface area contributed by atoms with Crippen LogP contribution in [0.5, 0.6) is 11.5 Å². The number of nitrogens with zero attached hydrogens (tertiary/aromatic N) is 2. The molecule has 0 heterocycles. The smallest absolute Gasteiger partial charge is 0.273 e. The highest BCUT2D eigenvalue weighted by atomic mass is 35.5. The van der Waals surface area contributed by atoms with Crippen molar-refractivity contribution in [2.24, 2.45) is 5.73 Å². The number of non-ortho nitro benzene ring substituents is 1. The third-order valence-corrected chi connectivity index (χ3v) is 3.06. The Hall–Kier alpha value is -2.62. The first-order valence-corrected chi connectivity index (χ1v) is 6.28. The minimum Gasteiger partial charge on any atom is -0.454 e. The molecule has 0 aliphatic heterocycles. The zero-order valence-electron chi connectivity index (χ0n) is 10.7. The summed E-state index contributed by atoms with van der Waals surface area (Å²) in [4.78, 5) is 10.2. The van der Waals surface area contributed by atoms with Gasteiger partial charge in [0.15, 0.2) is 5.75 Å². The van der Waals surface area contributed by atoms with E-state index in [1.165, 1.54) is 18.2 Å². The summed E-state index contributed by atoms with van der Waals surface area (Å²) in [5, 5.41) is 20.1. The number of hydrogen-bond acceptors (Lipinski definition) is 5. The van der Waals surface area contributed by atoms with Gasteiger partial charge in [-0.05, 0) is 23.8 Å². The Bertz CT molecular complexity index is 741. The van der Waals surface area contributed by atoms with Crippen molar-refractivity contribution in [3.8, 4) is 17.6 Å². The number of nitro groups is 1. The third kappa shape index (κ3) is 3.28. The lowest BCUT2D eigenvalue weighted by Gasteiger charge is -2.09. The highest BCUT2D eigenvalue weighted by molar-refractivity contribution is 6.32. The molecule has 0 unspecified atom stereocenters. The molecule has 0 bridgehead atoms. The van der Waals surface area contributed by atoms with E-state index in [0.29, 0.717) is 6.54 Å². The van der Waals surface area contributed by atoms with Crippen molar-refractivity contribution in [1.29, 1.82) is 5.26 Å². The zero-order valence-corrected chi connectivity index (χ0v) is 11.5. The van der Waals surface area contributed by atoms with Gasteiger partial charge in [-0.3, -0.25) is 10.1 Å². The van der Waals surface area contributed by atoms with E-state index < -0.39 is 4.92 Å². The molecule has 2 aromatic carbocycles. The Morgan fingerprint density at radius 3 is 2.67 bits per heavy atom. The van der Waals surface area contributed by atoms with Crippen LogP contribution in [0.2, 0.25) is 5.02 Å². The van der Waals surface area contributed by atoms with Crippen LogP contribution in [-0.2, 0) is 6.54 Å². The SMILES string of the molecule is N#Cc1cc(CN)ccc1Oc1cc([N+](=O)[O-])ccc1Cl. The first kappa shape index (κ1) is 14.8. The van der Waals surface area contributed by atoms with E-state index in [-0.39, 0.29) is 27.8 Å². The number of hydrogen-bond donors (Lipinski definition) is 1. The monoisotopic (exact) mass is 303 g/mol. The lowest BCUT2D eigenvalue weighted by atomic mass is 10.1. The first-order valence-electron chi connectivity index (χ1n) is 5.90. The summed E-state index contributed by atoms with van der Waals surface area (Å²) in [6.07, 6.45) is 0. The van der Waals surface area contributed by atoms with E-state index >= 15 is 0 Å². The average Bonchev–Trinajstić information content (AvgIpc) is 2.49. The van der Waals surface area contributed by atoms with Gasteiger partial charge in [0.2, 0.25) is 0 Å². The van der Waals surface area contributed by atoms with Gasteiger partial charge in [-0.1, -0.05) is 17.7 Å². The number of rotatable bonds is 4. The van der Waals surface area contributed by atoms with Gasteiger partial charge < -0.3 is 10.5 Å². The topological polar surface area (TPSA) is 102 Å².